The smallest absolute Gasteiger partial charge is 0.306 e. The molecule has 1 heterocycles. The molecule has 0 atom stereocenters. The van der Waals surface area contributed by atoms with Crippen molar-refractivity contribution in [2.75, 3.05) is 20.0 Å². The van der Waals surface area contributed by atoms with E-state index in [2.05, 4.69) is 30.6 Å². The summed E-state index contributed by atoms with van der Waals surface area (Å²) in [6.45, 7) is 0. The molecule has 0 spiro atoms. The van der Waals surface area contributed by atoms with Crippen LogP contribution in [-0.2, 0) is 9.53 Å². The maximum atomic E-state index is 10.9. The molecule has 5 nitrogen and oxygen atoms in total. The number of rotatable bonds is 5. The molecule has 0 radical (unpaired) electrons. The zero-order valence-corrected chi connectivity index (χ0v) is 11.3. The molecule has 0 saturated heterocycles. The predicted molar refractivity (Wildman–Crippen MR) is 63.6 cm³/mol. The average molecular weight is 307 g/mol. The highest BCUT2D eigenvalue weighted by molar-refractivity contribution is 9.10. The number of esters is 1. The summed E-state index contributed by atoms with van der Waals surface area (Å²) in [7, 11) is 2.90. The van der Waals surface area contributed by atoms with Gasteiger partial charge in [-0.05, 0) is 15.9 Å². The number of ether oxygens (including phenoxy) is 2. The normalized spacial score (nSPS) is 9.94. The Kier molecular flexibility index (Phi) is 5.54. The van der Waals surface area contributed by atoms with Crippen molar-refractivity contribution in [2.45, 2.75) is 11.6 Å². The van der Waals surface area contributed by atoms with E-state index in [4.69, 9.17) is 4.74 Å². The summed E-state index contributed by atoms with van der Waals surface area (Å²) in [6, 6.07) is 0. The van der Waals surface area contributed by atoms with E-state index in [9.17, 15) is 4.79 Å². The first-order valence-corrected chi connectivity index (χ1v) is 6.21. The highest BCUT2D eigenvalue weighted by Crippen LogP contribution is 2.24. The number of methoxy groups -OCH3 is 2. The highest BCUT2D eigenvalue weighted by Gasteiger charge is 2.07. The van der Waals surface area contributed by atoms with Crippen molar-refractivity contribution in [3.05, 3.63) is 10.7 Å². The summed E-state index contributed by atoms with van der Waals surface area (Å²) >= 11 is 4.64. The first-order valence-electron chi connectivity index (χ1n) is 4.43. The van der Waals surface area contributed by atoms with Crippen LogP contribution in [0.25, 0.3) is 0 Å². The molecule has 0 fully saturated rings. The average Bonchev–Trinajstić information content (AvgIpc) is 2.31. The fourth-order valence-electron chi connectivity index (χ4n) is 0.877. The number of nitrogens with zero attached hydrogens (tertiary/aromatic N) is 2. The standard InChI is InChI=1S/C9H11BrN2O3S/c1-14-7(13)3-4-16-9-11-5-6(10)8(12-9)15-2/h5H,3-4H2,1-2H3. The van der Waals surface area contributed by atoms with Crippen LogP contribution in [0.15, 0.2) is 15.8 Å². The molecular weight excluding hydrogens is 296 g/mol. The zero-order chi connectivity index (χ0) is 12.0. The third kappa shape index (κ3) is 3.97. The van der Waals surface area contributed by atoms with Crippen LogP contribution in [-0.4, -0.2) is 35.9 Å². The van der Waals surface area contributed by atoms with Crippen LogP contribution in [0, 0.1) is 0 Å². The van der Waals surface area contributed by atoms with Gasteiger partial charge in [-0.25, -0.2) is 4.98 Å². The van der Waals surface area contributed by atoms with E-state index in [0.29, 0.717) is 27.7 Å². The molecule has 0 bridgehead atoms. The van der Waals surface area contributed by atoms with Crippen LogP contribution >= 0.6 is 27.7 Å². The molecule has 88 valence electrons. The minimum atomic E-state index is -0.239. The third-order valence-electron chi connectivity index (χ3n) is 1.65. The number of carbonyl (C=O) groups is 1. The lowest BCUT2D eigenvalue weighted by molar-refractivity contribution is -0.140. The van der Waals surface area contributed by atoms with Gasteiger partial charge in [0.15, 0.2) is 5.16 Å². The van der Waals surface area contributed by atoms with Crippen LogP contribution < -0.4 is 4.74 Å². The molecule has 1 aromatic heterocycles. The molecule has 0 aliphatic carbocycles. The van der Waals surface area contributed by atoms with E-state index in [0.717, 1.165) is 0 Å². The van der Waals surface area contributed by atoms with Gasteiger partial charge in [0, 0.05) is 11.9 Å². The molecule has 7 heteroatoms. The van der Waals surface area contributed by atoms with E-state index in [-0.39, 0.29) is 5.97 Å². The van der Waals surface area contributed by atoms with E-state index in [1.165, 1.54) is 26.0 Å². The molecule has 0 saturated carbocycles. The van der Waals surface area contributed by atoms with Crippen LogP contribution in [0.1, 0.15) is 6.42 Å². The van der Waals surface area contributed by atoms with Gasteiger partial charge in [-0.15, -0.1) is 0 Å². The SMILES string of the molecule is COC(=O)CCSc1ncc(Br)c(OC)n1. The van der Waals surface area contributed by atoms with Crippen molar-refractivity contribution >= 4 is 33.7 Å². The van der Waals surface area contributed by atoms with Crippen LogP contribution in [0.3, 0.4) is 0 Å². The number of carbonyl (C=O) groups excluding carboxylic acids is 1. The Bertz CT molecular complexity index is 376. The Morgan fingerprint density at radius 2 is 2.31 bits per heavy atom. The number of thioether (sulfide) groups is 1. The van der Waals surface area contributed by atoms with Gasteiger partial charge in [0.25, 0.3) is 0 Å². The van der Waals surface area contributed by atoms with Crippen molar-refractivity contribution in [2.24, 2.45) is 0 Å². The fraction of sp³-hybridized carbons (Fsp3) is 0.444. The summed E-state index contributed by atoms with van der Waals surface area (Å²) in [5, 5.41) is 0.573. The van der Waals surface area contributed by atoms with Gasteiger partial charge in [-0.2, -0.15) is 4.98 Å². The van der Waals surface area contributed by atoms with Gasteiger partial charge in [0.1, 0.15) is 0 Å². The number of aromatic nitrogens is 2. The second kappa shape index (κ2) is 6.70. The van der Waals surface area contributed by atoms with E-state index in [1.54, 1.807) is 6.20 Å². The maximum absolute atomic E-state index is 10.9. The number of hydrogen-bond acceptors (Lipinski definition) is 6. The van der Waals surface area contributed by atoms with Crippen molar-refractivity contribution in [1.82, 2.24) is 9.97 Å². The third-order valence-corrected chi connectivity index (χ3v) is 3.06. The van der Waals surface area contributed by atoms with Crippen LogP contribution in [0.2, 0.25) is 0 Å². The molecule has 1 aromatic rings. The molecule has 0 aliphatic rings. The van der Waals surface area contributed by atoms with Crippen LogP contribution in [0.4, 0.5) is 0 Å². The summed E-state index contributed by atoms with van der Waals surface area (Å²) in [5.41, 5.74) is 0. The lowest BCUT2D eigenvalue weighted by atomic mass is 10.5. The summed E-state index contributed by atoms with van der Waals surface area (Å²) < 4.78 is 10.3. The van der Waals surface area contributed by atoms with Gasteiger partial charge in [-0.1, -0.05) is 11.8 Å². The number of halogens is 1. The first kappa shape index (κ1) is 13.2. The van der Waals surface area contributed by atoms with Gasteiger partial charge >= 0.3 is 5.97 Å². The van der Waals surface area contributed by atoms with Gasteiger partial charge in [-0.3, -0.25) is 4.79 Å². The molecule has 0 aliphatic heterocycles. The van der Waals surface area contributed by atoms with Crippen molar-refractivity contribution in [3.63, 3.8) is 0 Å². The van der Waals surface area contributed by atoms with Gasteiger partial charge in [0.05, 0.1) is 25.1 Å². The highest BCUT2D eigenvalue weighted by atomic mass is 79.9. The second-order valence-corrected chi connectivity index (χ2v) is 4.60. The molecule has 1 rings (SSSR count). The Balaban J connectivity index is 2.51. The molecule has 0 amide bonds. The lowest BCUT2D eigenvalue weighted by Crippen LogP contribution is -2.01. The van der Waals surface area contributed by atoms with Crippen molar-refractivity contribution in [1.29, 1.82) is 0 Å². The largest absolute Gasteiger partial charge is 0.480 e. The summed E-state index contributed by atoms with van der Waals surface area (Å²) in [4.78, 5) is 19.1. The van der Waals surface area contributed by atoms with Crippen molar-refractivity contribution in [3.8, 4) is 5.88 Å². The predicted octanol–water partition coefficient (Wildman–Crippen LogP) is 1.90. The maximum Gasteiger partial charge on any atom is 0.306 e. The molecule has 0 unspecified atom stereocenters. The van der Waals surface area contributed by atoms with Crippen LogP contribution in [0.5, 0.6) is 5.88 Å². The minimum absolute atomic E-state index is 0.239. The Labute approximate surface area is 106 Å². The molecule has 0 N–H and O–H groups in total. The molecule has 0 aromatic carbocycles. The van der Waals surface area contributed by atoms with Crippen molar-refractivity contribution < 1.29 is 14.3 Å². The Morgan fingerprint density at radius 3 is 2.94 bits per heavy atom. The molecular formula is C9H11BrN2O3S. The molecule has 16 heavy (non-hydrogen) atoms. The Hall–Kier alpha value is -0.820. The zero-order valence-electron chi connectivity index (χ0n) is 8.90. The van der Waals surface area contributed by atoms with Gasteiger partial charge < -0.3 is 9.47 Å². The van der Waals surface area contributed by atoms with E-state index < -0.39 is 0 Å². The summed E-state index contributed by atoms with van der Waals surface area (Å²) in [6.07, 6.45) is 1.95. The number of hydrogen-bond donors (Lipinski definition) is 0. The first-order chi connectivity index (χ1) is 7.67. The van der Waals surface area contributed by atoms with E-state index >= 15 is 0 Å². The minimum Gasteiger partial charge on any atom is -0.480 e. The summed E-state index contributed by atoms with van der Waals surface area (Å²) in [5.74, 6) is 0.824. The quantitative estimate of drug-likeness (QED) is 0.470. The lowest BCUT2D eigenvalue weighted by Gasteiger charge is -2.03. The van der Waals surface area contributed by atoms with Gasteiger partial charge in [0.2, 0.25) is 5.88 Å². The Morgan fingerprint density at radius 1 is 1.56 bits per heavy atom. The second-order valence-electron chi connectivity index (χ2n) is 2.68. The monoisotopic (exact) mass is 306 g/mol. The topological polar surface area (TPSA) is 61.3 Å². The fourth-order valence-corrected chi connectivity index (χ4v) is 1.96. The van der Waals surface area contributed by atoms with E-state index in [1.807, 2.05) is 0 Å².